The van der Waals surface area contributed by atoms with Gasteiger partial charge < -0.3 is 4.90 Å². The molecule has 1 aliphatic rings. The maximum absolute atomic E-state index is 13.3. The van der Waals surface area contributed by atoms with Gasteiger partial charge >= 0.3 is 0 Å². The number of carbonyl (C=O) groups is 1. The molecule has 8 heteroatoms. The van der Waals surface area contributed by atoms with Crippen LogP contribution in [0.4, 0.5) is 10.1 Å². The first kappa shape index (κ1) is 18.0. The Morgan fingerprint density at radius 1 is 1.48 bits per heavy atom. The number of anilines is 1. The Morgan fingerprint density at radius 3 is 2.74 bits per heavy atom. The van der Waals surface area contributed by atoms with Crippen LogP contribution in [-0.4, -0.2) is 45.1 Å². The van der Waals surface area contributed by atoms with Gasteiger partial charge in [-0.05, 0) is 37.0 Å². The smallest absolute Gasteiger partial charge is 0.243 e. The van der Waals surface area contributed by atoms with E-state index >= 15 is 0 Å². The Kier molecular flexibility index (Phi) is 5.52. The average molecular weight is 363 g/mol. The minimum atomic E-state index is -3.69. The number of halogens is 2. The van der Waals surface area contributed by atoms with Crippen molar-refractivity contribution in [1.29, 1.82) is 0 Å². The Bertz CT molecular complexity index is 696. The van der Waals surface area contributed by atoms with Crippen LogP contribution in [0.1, 0.15) is 19.8 Å². The van der Waals surface area contributed by atoms with Crippen molar-refractivity contribution in [3.63, 3.8) is 0 Å². The van der Waals surface area contributed by atoms with E-state index in [1.807, 2.05) is 0 Å². The number of likely N-dealkylation sites (tertiary alicyclic amines) is 1. The maximum atomic E-state index is 13.3. The lowest BCUT2D eigenvalue weighted by Crippen LogP contribution is -2.46. The van der Waals surface area contributed by atoms with E-state index in [1.165, 1.54) is 12.1 Å². The number of amides is 1. The third-order valence-electron chi connectivity index (χ3n) is 3.88. The summed E-state index contributed by atoms with van der Waals surface area (Å²) in [7, 11) is -3.69. The largest absolute Gasteiger partial charge is 0.341 e. The van der Waals surface area contributed by atoms with Crippen LogP contribution >= 0.6 is 11.6 Å². The normalized spacial score (nSPS) is 18.8. The number of hydrogen-bond donors (Lipinski definition) is 0. The minimum absolute atomic E-state index is 0.178. The molecule has 1 aromatic rings. The third-order valence-corrected chi connectivity index (χ3v) is 5.31. The third kappa shape index (κ3) is 4.57. The fraction of sp³-hybridized carbons (Fsp3) is 0.533. The molecule has 0 radical (unpaired) electrons. The van der Waals surface area contributed by atoms with Gasteiger partial charge in [-0.1, -0.05) is 18.5 Å². The molecule has 1 heterocycles. The zero-order chi connectivity index (χ0) is 17.2. The molecule has 128 valence electrons. The predicted octanol–water partition coefficient (Wildman–Crippen LogP) is 2.50. The van der Waals surface area contributed by atoms with Gasteiger partial charge in [0, 0.05) is 13.1 Å². The molecule has 1 atom stereocenters. The van der Waals surface area contributed by atoms with Gasteiger partial charge in [0.15, 0.2) is 0 Å². The highest BCUT2D eigenvalue weighted by molar-refractivity contribution is 7.92. The van der Waals surface area contributed by atoms with E-state index < -0.39 is 15.8 Å². The summed E-state index contributed by atoms with van der Waals surface area (Å²) in [6, 6.07) is 3.60. The van der Waals surface area contributed by atoms with Crippen LogP contribution < -0.4 is 4.31 Å². The highest BCUT2D eigenvalue weighted by Gasteiger charge is 2.27. The zero-order valence-corrected chi connectivity index (χ0v) is 14.7. The number of benzene rings is 1. The van der Waals surface area contributed by atoms with Crippen LogP contribution in [0.15, 0.2) is 18.2 Å². The summed E-state index contributed by atoms with van der Waals surface area (Å²) in [4.78, 5) is 14.1. The summed E-state index contributed by atoms with van der Waals surface area (Å²) < 4.78 is 38.3. The Morgan fingerprint density at radius 2 is 2.17 bits per heavy atom. The monoisotopic (exact) mass is 362 g/mol. The van der Waals surface area contributed by atoms with Crippen molar-refractivity contribution in [2.75, 3.05) is 30.2 Å². The van der Waals surface area contributed by atoms with Crippen LogP contribution in [0, 0.1) is 11.7 Å². The lowest BCUT2D eigenvalue weighted by atomic mass is 10.0. The van der Waals surface area contributed by atoms with Gasteiger partial charge in [0.1, 0.15) is 12.4 Å². The highest BCUT2D eigenvalue weighted by atomic mass is 35.5. The fourth-order valence-electron chi connectivity index (χ4n) is 2.68. The van der Waals surface area contributed by atoms with Crippen LogP contribution in [0.5, 0.6) is 0 Å². The summed E-state index contributed by atoms with van der Waals surface area (Å²) in [5.74, 6) is -0.498. The molecule has 5 nitrogen and oxygen atoms in total. The van der Waals surface area contributed by atoms with Crippen LogP contribution in [0.25, 0.3) is 0 Å². The standard InChI is InChI=1S/C15H20ClFN2O3S/c1-11-4-3-7-18(9-11)15(20)10-19(23(2,21)22)12-5-6-14(17)13(16)8-12/h5-6,8,11H,3-4,7,9-10H2,1-2H3/t11-/m1/s1. The molecule has 1 fully saturated rings. The van der Waals surface area contributed by atoms with E-state index in [0.29, 0.717) is 19.0 Å². The Balaban J connectivity index is 2.22. The fourth-order valence-corrected chi connectivity index (χ4v) is 3.70. The van der Waals surface area contributed by atoms with Crippen molar-refractivity contribution in [2.45, 2.75) is 19.8 Å². The predicted molar refractivity (Wildman–Crippen MR) is 88.6 cm³/mol. The van der Waals surface area contributed by atoms with Crippen molar-refractivity contribution in [2.24, 2.45) is 5.92 Å². The summed E-state index contributed by atoms with van der Waals surface area (Å²) in [5.41, 5.74) is 0.178. The lowest BCUT2D eigenvalue weighted by Gasteiger charge is -2.33. The molecule has 0 unspecified atom stereocenters. The summed E-state index contributed by atoms with van der Waals surface area (Å²) in [6.45, 7) is 3.01. The average Bonchev–Trinajstić information content (AvgIpc) is 2.46. The molecule has 1 amide bonds. The number of piperidine rings is 1. The minimum Gasteiger partial charge on any atom is -0.341 e. The number of nitrogens with zero attached hydrogens (tertiary/aromatic N) is 2. The van der Waals surface area contributed by atoms with E-state index in [9.17, 15) is 17.6 Å². The van der Waals surface area contributed by atoms with Crippen molar-refractivity contribution < 1.29 is 17.6 Å². The first-order valence-corrected chi connectivity index (χ1v) is 9.61. The van der Waals surface area contributed by atoms with Gasteiger partial charge in [0.05, 0.1) is 17.0 Å². The summed E-state index contributed by atoms with van der Waals surface area (Å²) in [6.07, 6.45) is 2.98. The number of sulfonamides is 1. The summed E-state index contributed by atoms with van der Waals surface area (Å²) in [5, 5.41) is -0.185. The second-order valence-electron chi connectivity index (χ2n) is 5.96. The van der Waals surface area contributed by atoms with Gasteiger partial charge in [0.2, 0.25) is 15.9 Å². The van der Waals surface area contributed by atoms with Crippen molar-refractivity contribution >= 4 is 33.2 Å². The number of hydrogen-bond acceptors (Lipinski definition) is 3. The second-order valence-corrected chi connectivity index (χ2v) is 8.27. The molecule has 1 saturated heterocycles. The summed E-state index contributed by atoms with van der Waals surface area (Å²) >= 11 is 5.72. The van der Waals surface area contributed by atoms with Gasteiger partial charge in [-0.2, -0.15) is 0 Å². The van der Waals surface area contributed by atoms with Crippen molar-refractivity contribution in [1.82, 2.24) is 4.90 Å². The second kappa shape index (κ2) is 7.05. The van der Waals surface area contributed by atoms with Gasteiger partial charge in [-0.25, -0.2) is 12.8 Å². The van der Waals surface area contributed by atoms with Gasteiger partial charge in [0.25, 0.3) is 0 Å². The van der Waals surface area contributed by atoms with E-state index in [1.54, 1.807) is 4.90 Å². The van der Waals surface area contributed by atoms with Crippen LogP contribution in [0.3, 0.4) is 0 Å². The van der Waals surface area contributed by atoms with Crippen LogP contribution in [-0.2, 0) is 14.8 Å². The zero-order valence-electron chi connectivity index (χ0n) is 13.1. The van der Waals surface area contributed by atoms with Gasteiger partial charge in [-0.3, -0.25) is 9.10 Å². The molecule has 0 saturated carbocycles. The SMILES string of the molecule is C[C@@H]1CCCN(C(=O)CN(c2ccc(F)c(Cl)c2)S(C)(=O)=O)C1. The Labute approximate surface area is 141 Å². The van der Waals surface area contributed by atoms with E-state index in [4.69, 9.17) is 11.6 Å². The molecule has 23 heavy (non-hydrogen) atoms. The molecule has 0 bridgehead atoms. The Hall–Kier alpha value is -1.34. The lowest BCUT2D eigenvalue weighted by molar-refractivity contribution is -0.131. The maximum Gasteiger partial charge on any atom is 0.243 e. The quantitative estimate of drug-likeness (QED) is 0.826. The van der Waals surface area contributed by atoms with E-state index in [2.05, 4.69) is 6.92 Å². The van der Waals surface area contributed by atoms with Crippen molar-refractivity contribution in [3.8, 4) is 0 Å². The van der Waals surface area contributed by atoms with E-state index in [0.717, 1.165) is 29.5 Å². The first-order chi connectivity index (χ1) is 10.7. The highest BCUT2D eigenvalue weighted by Crippen LogP contribution is 2.25. The molecule has 0 N–H and O–H groups in total. The molecule has 0 spiro atoms. The van der Waals surface area contributed by atoms with E-state index in [-0.39, 0.29) is 23.2 Å². The topological polar surface area (TPSA) is 57.7 Å². The molecular formula is C15H20ClFN2O3S. The van der Waals surface area contributed by atoms with Crippen LogP contribution in [0.2, 0.25) is 5.02 Å². The number of carbonyl (C=O) groups excluding carboxylic acids is 1. The molecule has 1 aliphatic heterocycles. The van der Waals surface area contributed by atoms with Gasteiger partial charge in [-0.15, -0.1) is 0 Å². The number of rotatable bonds is 4. The van der Waals surface area contributed by atoms with Crippen molar-refractivity contribution in [3.05, 3.63) is 29.0 Å². The molecule has 1 aromatic carbocycles. The molecular weight excluding hydrogens is 343 g/mol. The molecule has 0 aliphatic carbocycles. The first-order valence-electron chi connectivity index (χ1n) is 7.39. The molecule has 0 aromatic heterocycles. The molecule has 2 rings (SSSR count).